The number of nitrogens with zero attached hydrogens (tertiary/aromatic N) is 3. The largest absolute Gasteiger partial charge is 0.454 e. The molecule has 0 unspecified atom stereocenters. The SMILES string of the molecule is Cn1cc(Oc2ccc([N+](=O)[O-])cc2CO)cn1. The van der Waals surface area contributed by atoms with Crippen LogP contribution < -0.4 is 4.74 Å². The lowest BCUT2D eigenvalue weighted by Crippen LogP contribution is -1.94. The van der Waals surface area contributed by atoms with E-state index >= 15 is 0 Å². The standard InChI is InChI=1S/C11H11N3O4/c1-13-6-10(5-12-13)18-11-3-2-9(14(16)17)4-8(11)7-15/h2-6,15H,7H2,1H3. The highest BCUT2D eigenvalue weighted by atomic mass is 16.6. The Morgan fingerprint density at radius 2 is 2.33 bits per heavy atom. The van der Waals surface area contributed by atoms with Gasteiger partial charge in [0.2, 0.25) is 0 Å². The minimum Gasteiger partial charge on any atom is -0.454 e. The van der Waals surface area contributed by atoms with E-state index in [4.69, 9.17) is 4.74 Å². The van der Waals surface area contributed by atoms with Crippen molar-refractivity contribution in [1.29, 1.82) is 0 Å². The molecule has 0 aliphatic heterocycles. The lowest BCUT2D eigenvalue weighted by Gasteiger charge is -2.07. The lowest BCUT2D eigenvalue weighted by molar-refractivity contribution is -0.385. The van der Waals surface area contributed by atoms with E-state index < -0.39 is 4.92 Å². The summed E-state index contributed by atoms with van der Waals surface area (Å²) in [4.78, 5) is 10.1. The van der Waals surface area contributed by atoms with Gasteiger partial charge >= 0.3 is 0 Å². The van der Waals surface area contributed by atoms with E-state index in [1.807, 2.05) is 0 Å². The molecule has 7 nitrogen and oxygen atoms in total. The fraction of sp³-hybridized carbons (Fsp3) is 0.182. The Bertz CT molecular complexity index is 579. The van der Waals surface area contributed by atoms with Crippen LogP contribution in [-0.2, 0) is 13.7 Å². The average Bonchev–Trinajstić information content (AvgIpc) is 2.75. The Kier molecular flexibility index (Phi) is 3.24. The van der Waals surface area contributed by atoms with Gasteiger partial charge < -0.3 is 9.84 Å². The Morgan fingerprint density at radius 1 is 1.56 bits per heavy atom. The van der Waals surface area contributed by atoms with Crippen molar-refractivity contribution in [3.63, 3.8) is 0 Å². The second-order valence-corrected chi connectivity index (χ2v) is 3.66. The van der Waals surface area contributed by atoms with E-state index in [0.717, 1.165) is 0 Å². The van der Waals surface area contributed by atoms with Crippen molar-refractivity contribution in [3.8, 4) is 11.5 Å². The van der Waals surface area contributed by atoms with Gasteiger partial charge in [-0.3, -0.25) is 14.8 Å². The van der Waals surface area contributed by atoms with E-state index in [9.17, 15) is 15.2 Å². The fourth-order valence-electron chi connectivity index (χ4n) is 1.48. The normalized spacial score (nSPS) is 10.3. The van der Waals surface area contributed by atoms with E-state index in [1.54, 1.807) is 17.9 Å². The number of aromatic nitrogens is 2. The maximum atomic E-state index is 10.6. The first-order valence-corrected chi connectivity index (χ1v) is 5.15. The Hall–Kier alpha value is -2.41. The number of benzene rings is 1. The number of aliphatic hydroxyl groups is 1. The van der Waals surface area contributed by atoms with Gasteiger partial charge in [0.1, 0.15) is 5.75 Å². The van der Waals surface area contributed by atoms with Gasteiger partial charge in [-0.2, -0.15) is 5.10 Å². The Balaban J connectivity index is 2.30. The van der Waals surface area contributed by atoms with Crippen LogP contribution in [0.25, 0.3) is 0 Å². The molecule has 0 fully saturated rings. The number of non-ortho nitro benzene ring substituents is 1. The molecule has 0 amide bonds. The van der Waals surface area contributed by atoms with E-state index in [0.29, 0.717) is 17.1 Å². The van der Waals surface area contributed by atoms with Gasteiger partial charge in [0.15, 0.2) is 5.75 Å². The molecule has 0 bridgehead atoms. The first kappa shape index (κ1) is 12.1. The summed E-state index contributed by atoms with van der Waals surface area (Å²) < 4.78 is 7.06. The zero-order chi connectivity index (χ0) is 13.1. The van der Waals surface area contributed by atoms with Crippen LogP contribution in [0.4, 0.5) is 5.69 Å². The fourth-order valence-corrected chi connectivity index (χ4v) is 1.48. The summed E-state index contributed by atoms with van der Waals surface area (Å²) in [5.41, 5.74) is 0.269. The molecule has 0 atom stereocenters. The van der Waals surface area contributed by atoms with Gasteiger partial charge in [-0.05, 0) is 6.07 Å². The zero-order valence-corrected chi connectivity index (χ0v) is 9.61. The number of aryl methyl sites for hydroxylation is 1. The number of aliphatic hydroxyl groups excluding tert-OH is 1. The molecule has 0 radical (unpaired) electrons. The smallest absolute Gasteiger partial charge is 0.270 e. The predicted molar refractivity (Wildman–Crippen MR) is 62.3 cm³/mol. The number of nitro groups is 1. The maximum absolute atomic E-state index is 10.6. The van der Waals surface area contributed by atoms with Crippen molar-refractivity contribution in [1.82, 2.24) is 9.78 Å². The zero-order valence-electron chi connectivity index (χ0n) is 9.61. The third-order valence-corrected chi connectivity index (χ3v) is 2.33. The average molecular weight is 249 g/mol. The van der Waals surface area contributed by atoms with Crippen LogP contribution in [0.5, 0.6) is 11.5 Å². The van der Waals surface area contributed by atoms with Crippen molar-refractivity contribution >= 4 is 5.69 Å². The molecule has 0 saturated carbocycles. The second-order valence-electron chi connectivity index (χ2n) is 3.66. The van der Waals surface area contributed by atoms with Crippen LogP contribution in [0, 0.1) is 10.1 Å². The number of hydrogen-bond acceptors (Lipinski definition) is 5. The van der Waals surface area contributed by atoms with Crippen molar-refractivity contribution in [2.24, 2.45) is 7.05 Å². The quantitative estimate of drug-likeness (QED) is 0.656. The summed E-state index contributed by atoms with van der Waals surface area (Å²) >= 11 is 0. The second kappa shape index (κ2) is 4.84. The minimum atomic E-state index is -0.521. The molecule has 94 valence electrons. The highest BCUT2D eigenvalue weighted by Gasteiger charge is 2.12. The van der Waals surface area contributed by atoms with Crippen LogP contribution in [0.2, 0.25) is 0 Å². The summed E-state index contributed by atoms with van der Waals surface area (Å²) in [5, 5.41) is 23.7. The predicted octanol–water partition coefficient (Wildman–Crippen LogP) is 1.61. The molecular weight excluding hydrogens is 238 g/mol. The van der Waals surface area contributed by atoms with Crippen LogP contribution in [0.15, 0.2) is 30.6 Å². The maximum Gasteiger partial charge on any atom is 0.270 e. The van der Waals surface area contributed by atoms with Gasteiger partial charge in [-0.25, -0.2) is 0 Å². The molecule has 7 heteroatoms. The summed E-state index contributed by atoms with van der Waals surface area (Å²) in [6, 6.07) is 4.06. The first-order chi connectivity index (χ1) is 8.60. The van der Waals surface area contributed by atoms with Crippen molar-refractivity contribution in [3.05, 3.63) is 46.3 Å². The molecule has 0 saturated heterocycles. The van der Waals surface area contributed by atoms with Gasteiger partial charge in [0.05, 0.1) is 23.9 Å². The number of hydrogen-bond donors (Lipinski definition) is 1. The molecular formula is C11H11N3O4. The Labute approximate surface area is 102 Å². The van der Waals surface area contributed by atoms with Gasteiger partial charge in [-0.1, -0.05) is 0 Å². The lowest BCUT2D eigenvalue weighted by atomic mass is 10.2. The molecule has 2 aromatic rings. The third-order valence-electron chi connectivity index (χ3n) is 2.33. The molecule has 1 heterocycles. The minimum absolute atomic E-state index is 0.0856. The van der Waals surface area contributed by atoms with Gasteiger partial charge in [-0.15, -0.1) is 0 Å². The van der Waals surface area contributed by atoms with Crippen LogP contribution in [0.3, 0.4) is 0 Å². The van der Waals surface area contributed by atoms with Crippen LogP contribution in [0.1, 0.15) is 5.56 Å². The van der Waals surface area contributed by atoms with E-state index in [1.165, 1.54) is 24.4 Å². The van der Waals surface area contributed by atoms with E-state index in [2.05, 4.69) is 5.10 Å². The first-order valence-electron chi connectivity index (χ1n) is 5.15. The summed E-state index contributed by atoms with van der Waals surface area (Å²) in [6.45, 7) is -0.336. The van der Waals surface area contributed by atoms with Gasteiger partial charge in [0.25, 0.3) is 5.69 Å². The molecule has 0 spiro atoms. The van der Waals surface area contributed by atoms with Gasteiger partial charge in [0, 0.05) is 24.7 Å². The molecule has 1 aromatic heterocycles. The molecule has 0 aliphatic carbocycles. The summed E-state index contributed by atoms with van der Waals surface area (Å²) in [6.07, 6.45) is 3.17. The molecule has 2 rings (SSSR count). The van der Waals surface area contributed by atoms with Crippen molar-refractivity contribution in [2.75, 3.05) is 0 Å². The van der Waals surface area contributed by atoms with Crippen LogP contribution >= 0.6 is 0 Å². The summed E-state index contributed by atoms with van der Waals surface area (Å²) in [5.74, 6) is 0.872. The summed E-state index contributed by atoms with van der Waals surface area (Å²) in [7, 11) is 1.75. The highest BCUT2D eigenvalue weighted by Crippen LogP contribution is 2.28. The highest BCUT2D eigenvalue weighted by molar-refractivity contribution is 5.45. The molecule has 1 aromatic carbocycles. The van der Waals surface area contributed by atoms with Crippen LogP contribution in [-0.4, -0.2) is 19.8 Å². The topological polar surface area (TPSA) is 90.4 Å². The number of ether oxygens (including phenoxy) is 1. The Morgan fingerprint density at radius 3 is 2.89 bits per heavy atom. The van der Waals surface area contributed by atoms with Crippen molar-refractivity contribution in [2.45, 2.75) is 6.61 Å². The van der Waals surface area contributed by atoms with Crippen molar-refractivity contribution < 1.29 is 14.8 Å². The molecule has 1 N–H and O–H groups in total. The van der Waals surface area contributed by atoms with E-state index in [-0.39, 0.29) is 12.3 Å². The number of nitro benzene ring substituents is 1. The number of rotatable bonds is 4. The third kappa shape index (κ3) is 2.46. The molecule has 0 aliphatic rings. The molecule has 18 heavy (non-hydrogen) atoms. The monoisotopic (exact) mass is 249 g/mol.